The predicted octanol–water partition coefficient (Wildman–Crippen LogP) is 1.92. The Labute approximate surface area is 124 Å². The van der Waals surface area contributed by atoms with Gasteiger partial charge in [0.1, 0.15) is 5.02 Å². The Hall–Kier alpha value is -1.07. The first-order valence-electron chi connectivity index (χ1n) is 7.13. The standard InChI is InChI=1S/C14H23ClN4O/c1-10(11-4-5-11)8-16-12-9-17-19(7-6-18(2)3)14(20)13(12)15/h9-11,16H,4-8H2,1-3H3. The highest BCUT2D eigenvalue weighted by atomic mass is 35.5. The molecule has 1 N–H and O–H groups in total. The largest absolute Gasteiger partial charge is 0.382 e. The second kappa shape index (κ2) is 6.59. The number of nitrogens with one attached hydrogen (secondary N) is 1. The van der Waals surface area contributed by atoms with Gasteiger partial charge in [-0.05, 0) is 38.8 Å². The molecule has 1 aromatic heterocycles. The normalized spacial score (nSPS) is 16.4. The van der Waals surface area contributed by atoms with Crippen LogP contribution in [0.15, 0.2) is 11.0 Å². The smallest absolute Gasteiger partial charge is 0.287 e. The van der Waals surface area contributed by atoms with Gasteiger partial charge in [0, 0.05) is 13.1 Å². The monoisotopic (exact) mass is 298 g/mol. The van der Waals surface area contributed by atoms with Crippen molar-refractivity contribution in [3.8, 4) is 0 Å². The summed E-state index contributed by atoms with van der Waals surface area (Å²) in [6, 6.07) is 0. The van der Waals surface area contributed by atoms with Gasteiger partial charge in [0.05, 0.1) is 18.4 Å². The van der Waals surface area contributed by atoms with Crippen molar-refractivity contribution in [2.75, 3.05) is 32.5 Å². The summed E-state index contributed by atoms with van der Waals surface area (Å²) in [6.45, 7) is 4.37. The van der Waals surface area contributed by atoms with Crippen LogP contribution in [0.5, 0.6) is 0 Å². The van der Waals surface area contributed by atoms with Crippen molar-refractivity contribution in [2.45, 2.75) is 26.3 Å². The third-order valence-corrected chi connectivity index (χ3v) is 4.15. The van der Waals surface area contributed by atoms with E-state index >= 15 is 0 Å². The number of nitrogens with zero attached hydrogens (tertiary/aromatic N) is 3. The molecule has 5 nitrogen and oxygen atoms in total. The molecule has 20 heavy (non-hydrogen) atoms. The van der Waals surface area contributed by atoms with E-state index in [1.54, 1.807) is 6.20 Å². The van der Waals surface area contributed by atoms with Crippen LogP contribution in [-0.2, 0) is 6.54 Å². The fourth-order valence-electron chi connectivity index (χ4n) is 2.15. The summed E-state index contributed by atoms with van der Waals surface area (Å²) >= 11 is 6.14. The predicted molar refractivity (Wildman–Crippen MR) is 82.4 cm³/mol. The molecule has 2 rings (SSSR count). The lowest BCUT2D eigenvalue weighted by Gasteiger charge is -2.15. The number of rotatable bonds is 7. The molecule has 1 atom stereocenters. The van der Waals surface area contributed by atoms with E-state index in [4.69, 9.17) is 11.6 Å². The van der Waals surface area contributed by atoms with Crippen molar-refractivity contribution in [3.63, 3.8) is 0 Å². The molecule has 1 aromatic rings. The average molecular weight is 299 g/mol. The van der Waals surface area contributed by atoms with E-state index in [1.807, 2.05) is 19.0 Å². The van der Waals surface area contributed by atoms with E-state index < -0.39 is 0 Å². The summed E-state index contributed by atoms with van der Waals surface area (Å²) < 4.78 is 1.41. The van der Waals surface area contributed by atoms with E-state index in [0.717, 1.165) is 19.0 Å². The van der Waals surface area contributed by atoms with Crippen molar-refractivity contribution >= 4 is 17.3 Å². The van der Waals surface area contributed by atoms with Gasteiger partial charge in [0.2, 0.25) is 0 Å². The van der Waals surface area contributed by atoms with Crippen LogP contribution in [0.3, 0.4) is 0 Å². The fourth-order valence-corrected chi connectivity index (χ4v) is 2.36. The maximum Gasteiger partial charge on any atom is 0.287 e. The molecule has 1 heterocycles. The van der Waals surface area contributed by atoms with Crippen LogP contribution >= 0.6 is 11.6 Å². The van der Waals surface area contributed by atoms with Crippen LogP contribution in [0.2, 0.25) is 5.02 Å². The molecule has 1 unspecified atom stereocenters. The Morgan fingerprint density at radius 1 is 1.55 bits per heavy atom. The molecule has 1 aliphatic rings. The van der Waals surface area contributed by atoms with Gasteiger partial charge in [-0.1, -0.05) is 18.5 Å². The molecule has 0 bridgehead atoms. The third kappa shape index (κ3) is 3.96. The van der Waals surface area contributed by atoms with Crippen LogP contribution in [0.1, 0.15) is 19.8 Å². The summed E-state index contributed by atoms with van der Waals surface area (Å²) in [4.78, 5) is 14.1. The molecular weight excluding hydrogens is 276 g/mol. The molecule has 0 radical (unpaired) electrons. The van der Waals surface area contributed by atoms with Crippen molar-refractivity contribution in [1.82, 2.24) is 14.7 Å². The lowest BCUT2D eigenvalue weighted by Crippen LogP contribution is -2.29. The van der Waals surface area contributed by atoms with E-state index in [1.165, 1.54) is 17.5 Å². The third-order valence-electron chi connectivity index (χ3n) is 3.79. The number of halogens is 1. The van der Waals surface area contributed by atoms with Gasteiger partial charge in [-0.3, -0.25) is 4.79 Å². The van der Waals surface area contributed by atoms with Crippen molar-refractivity contribution < 1.29 is 0 Å². The summed E-state index contributed by atoms with van der Waals surface area (Å²) in [5.41, 5.74) is 0.419. The average Bonchev–Trinajstić information content (AvgIpc) is 3.23. The van der Waals surface area contributed by atoms with E-state index in [2.05, 4.69) is 17.3 Å². The van der Waals surface area contributed by atoms with Crippen LogP contribution in [0, 0.1) is 11.8 Å². The Kier molecular flexibility index (Phi) is 5.05. The van der Waals surface area contributed by atoms with Gasteiger partial charge in [-0.25, -0.2) is 4.68 Å². The molecule has 0 spiro atoms. The van der Waals surface area contributed by atoms with Crippen LogP contribution in [0.4, 0.5) is 5.69 Å². The fraction of sp³-hybridized carbons (Fsp3) is 0.714. The summed E-state index contributed by atoms with van der Waals surface area (Å²) in [6.07, 6.45) is 4.29. The van der Waals surface area contributed by atoms with E-state index in [0.29, 0.717) is 18.2 Å². The minimum Gasteiger partial charge on any atom is -0.382 e. The summed E-state index contributed by atoms with van der Waals surface area (Å²) in [5.74, 6) is 1.44. The number of likely N-dealkylation sites (N-methyl/N-ethyl adjacent to an activating group) is 1. The summed E-state index contributed by atoms with van der Waals surface area (Å²) in [5, 5.41) is 7.67. The van der Waals surface area contributed by atoms with Gasteiger partial charge < -0.3 is 10.2 Å². The van der Waals surface area contributed by atoms with Crippen LogP contribution in [0.25, 0.3) is 0 Å². The first-order chi connectivity index (χ1) is 9.49. The Morgan fingerprint density at radius 2 is 2.25 bits per heavy atom. The molecule has 1 fully saturated rings. The quantitative estimate of drug-likeness (QED) is 0.835. The molecule has 1 aliphatic carbocycles. The van der Waals surface area contributed by atoms with Crippen molar-refractivity contribution in [2.24, 2.45) is 11.8 Å². The zero-order valence-electron chi connectivity index (χ0n) is 12.4. The first kappa shape index (κ1) is 15.3. The van der Waals surface area contributed by atoms with Crippen LogP contribution in [-0.4, -0.2) is 41.9 Å². The summed E-state index contributed by atoms with van der Waals surface area (Å²) in [7, 11) is 3.92. The molecule has 0 aromatic carbocycles. The topological polar surface area (TPSA) is 50.2 Å². The maximum atomic E-state index is 12.1. The minimum atomic E-state index is -0.224. The van der Waals surface area contributed by atoms with Crippen molar-refractivity contribution in [1.29, 1.82) is 0 Å². The maximum absolute atomic E-state index is 12.1. The minimum absolute atomic E-state index is 0.224. The Bertz CT molecular complexity index is 510. The van der Waals surface area contributed by atoms with E-state index in [-0.39, 0.29) is 10.6 Å². The first-order valence-corrected chi connectivity index (χ1v) is 7.51. The van der Waals surface area contributed by atoms with Crippen molar-refractivity contribution in [3.05, 3.63) is 21.6 Å². The Balaban J connectivity index is 1.99. The lowest BCUT2D eigenvalue weighted by atomic mass is 10.1. The molecule has 0 aliphatic heterocycles. The van der Waals surface area contributed by atoms with Crippen LogP contribution < -0.4 is 10.9 Å². The second-order valence-corrected chi connectivity index (χ2v) is 6.28. The lowest BCUT2D eigenvalue weighted by molar-refractivity contribution is 0.367. The highest BCUT2D eigenvalue weighted by Gasteiger charge is 2.27. The number of hydrogen-bond donors (Lipinski definition) is 1. The molecular formula is C14H23ClN4O. The molecule has 6 heteroatoms. The molecule has 1 saturated carbocycles. The highest BCUT2D eigenvalue weighted by Crippen LogP contribution is 2.36. The molecule has 0 amide bonds. The van der Waals surface area contributed by atoms with Gasteiger partial charge >= 0.3 is 0 Å². The van der Waals surface area contributed by atoms with E-state index in [9.17, 15) is 4.79 Å². The Morgan fingerprint density at radius 3 is 2.85 bits per heavy atom. The number of anilines is 1. The van der Waals surface area contributed by atoms with Gasteiger partial charge in [-0.15, -0.1) is 0 Å². The number of hydrogen-bond acceptors (Lipinski definition) is 4. The molecule has 112 valence electrons. The zero-order chi connectivity index (χ0) is 14.7. The zero-order valence-corrected chi connectivity index (χ0v) is 13.2. The van der Waals surface area contributed by atoms with Gasteiger partial charge in [0.25, 0.3) is 5.56 Å². The SMILES string of the molecule is CC(CNc1cnn(CCN(C)C)c(=O)c1Cl)C1CC1. The number of aromatic nitrogens is 2. The van der Waals surface area contributed by atoms with Gasteiger partial charge in [0.15, 0.2) is 0 Å². The molecule has 0 saturated heterocycles. The highest BCUT2D eigenvalue weighted by molar-refractivity contribution is 6.32. The van der Waals surface area contributed by atoms with Gasteiger partial charge in [-0.2, -0.15) is 5.10 Å². The second-order valence-electron chi connectivity index (χ2n) is 5.90.